The monoisotopic (exact) mass is 436 g/mol. The number of aliphatic hydroxyl groups is 1. The highest BCUT2D eigenvalue weighted by atomic mass is 16.5. The highest BCUT2D eigenvalue weighted by Gasteiger charge is 2.45. The van der Waals surface area contributed by atoms with Gasteiger partial charge in [-0.25, -0.2) is 0 Å². The maximum atomic E-state index is 13.0. The van der Waals surface area contributed by atoms with Crippen molar-refractivity contribution in [2.75, 3.05) is 33.8 Å². The van der Waals surface area contributed by atoms with Crippen LogP contribution in [0.4, 0.5) is 0 Å². The van der Waals surface area contributed by atoms with Crippen LogP contribution in [0, 0.1) is 0 Å². The zero-order valence-electron chi connectivity index (χ0n) is 19.3. The van der Waals surface area contributed by atoms with Crippen LogP contribution < -0.4 is 4.74 Å². The quantitative estimate of drug-likeness (QED) is 0.365. The highest BCUT2D eigenvalue weighted by molar-refractivity contribution is 6.46. The van der Waals surface area contributed by atoms with Crippen LogP contribution in [0.15, 0.2) is 54.1 Å². The fraction of sp³-hybridized carbons (Fsp3) is 0.385. The Labute approximate surface area is 190 Å². The van der Waals surface area contributed by atoms with Crippen molar-refractivity contribution in [2.45, 2.75) is 32.7 Å². The third kappa shape index (κ3) is 5.02. The Morgan fingerprint density at radius 2 is 1.69 bits per heavy atom. The minimum atomic E-state index is -0.655. The number of ketones is 1. The molecule has 6 nitrogen and oxygen atoms in total. The summed E-state index contributed by atoms with van der Waals surface area (Å²) in [6.07, 6.45) is 1.79. The van der Waals surface area contributed by atoms with E-state index in [1.807, 2.05) is 50.2 Å². The molecule has 1 fully saturated rings. The van der Waals surface area contributed by atoms with E-state index in [0.717, 1.165) is 18.4 Å². The van der Waals surface area contributed by atoms with E-state index in [-0.39, 0.29) is 11.3 Å². The van der Waals surface area contributed by atoms with Gasteiger partial charge in [0.05, 0.1) is 18.2 Å². The van der Waals surface area contributed by atoms with Crippen LogP contribution in [0.2, 0.25) is 0 Å². The number of rotatable bonds is 9. The summed E-state index contributed by atoms with van der Waals surface area (Å²) in [5.74, 6) is -0.707. The molecule has 2 aromatic carbocycles. The van der Waals surface area contributed by atoms with E-state index in [4.69, 9.17) is 4.74 Å². The van der Waals surface area contributed by atoms with Gasteiger partial charge in [0.2, 0.25) is 0 Å². The SMILES string of the molecule is CCCOc1ccc(/C(O)=C2\C(=O)C(=O)N(CCN(C)C)C2c2ccc(CC)cc2)cc1. The number of aryl methyl sites for hydroxylation is 1. The van der Waals surface area contributed by atoms with Gasteiger partial charge in [-0.1, -0.05) is 38.1 Å². The fourth-order valence-electron chi connectivity index (χ4n) is 3.79. The van der Waals surface area contributed by atoms with Crippen LogP contribution in [0.5, 0.6) is 5.75 Å². The van der Waals surface area contributed by atoms with Gasteiger partial charge >= 0.3 is 0 Å². The summed E-state index contributed by atoms with van der Waals surface area (Å²) in [5.41, 5.74) is 2.58. The van der Waals surface area contributed by atoms with Crippen molar-refractivity contribution in [1.29, 1.82) is 0 Å². The lowest BCUT2D eigenvalue weighted by molar-refractivity contribution is -0.140. The van der Waals surface area contributed by atoms with Gasteiger partial charge < -0.3 is 19.6 Å². The van der Waals surface area contributed by atoms with Crippen molar-refractivity contribution in [3.63, 3.8) is 0 Å². The predicted octanol–water partition coefficient (Wildman–Crippen LogP) is 4.02. The second-order valence-corrected chi connectivity index (χ2v) is 8.26. The largest absolute Gasteiger partial charge is 0.507 e. The van der Waals surface area contributed by atoms with E-state index in [1.165, 1.54) is 5.56 Å². The number of Topliss-reactive ketones (excluding diaryl/α,β-unsaturated/α-hetero) is 1. The van der Waals surface area contributed by atoms with Crippen molar-refractivity contribution < 1.29 is 19.4 Å². The zero-order valence-corrected chi connectivity index (χ0v) is 19.3. The Kier molecular flexibility index (Phi) is 7.70. The van der Waals surface area contributed by atoms with Crippen molar-refractivity contribution in [1.82, 2.24) is 9.80 Å². The number of nitrogens with zero attached hydrogens (tertiary/aromatic N) is 2. The molecule has 1 amide bonds. The average Bonchev–Trinajstić information content (AvgIpc) is 3.06. The summed E-state index contributed by atoms with van der Waals surface area (Å²) in [6.45, 7) is 5.71. The molecule has 0 radical (unpaired) electrons. The molecule has 1 N–H and O–H groups in total. The third-order valence-electron chi connectivity index (χ3n) is 5.63. The Balaban J connectivity index is 2.04. The smallest absolute Gasteiger partial charge is 0.295 e. The number of hydrogen-bond acceptors (Lipinski definition) is 5. The number of likely N-dealkylation sites (tertiary alicyclic amines) is 1. The maximum Gasteiger partial charge on any atom is 0.295 e. The van der Waals surface area contributed by atoms with Gasteiger partial charge in [-0.3, -0.25) is 9.59 Å². The van der Waals surface area contributed by atoms with E-state index in [9.17, 15) is 14.7 Å². The molecule has 170 valence electrons. The van der Waals surface area contributed by atoms with E-state index in [2.05, 4.69) is 6.92 Å². The number of likely N-dealkylation sites (N-methyl/N-ethyl adjacent to an activating group) is 1. The zero-order chi connectivity index (χ0) is 23.3. The average molecular weight is 437 g/mol. The van der Waals surface area contributed by atoms with Crippen molar-refractivity contribution in [3.8, 4) is 5.75 Å². The van der Waals surface area contributed by atoms with Crippen molar-refractivity contribution in [3.05, 3.63) is 70.8 Å². The molecule has 1 heterocycles. The van der Waals surface area contributed by atoms with Crippen molar-refractivity contribution in [2.24, 2.45) is 0 Å². The molecule has 1 unspecified atom stereocenters. The summed E-state index contributed by atoms with van der Waals surface area (Å²) < 4.78 is 5.61. The number of amides is 1. The maximum absolute atomic E-state index is 13.0. The minimum absolute atomic E-state index is 0.125. The summed E-state index contributed by atoms with van der Waals surface area (Å²) >= 11 is 0. The lowest BCUT2D eigenvalue weighted by Crippen LogP contribution is -2.35. The molecule has 0 aromatic heterocycles. The summed E-state index contributed by atoms with van der Waals surface area (Å²) in [7, 11) is 3.84. The molecule has 1 saturated heterocycles. The van der Waals surface area contributed by atoms with Crippen molar-refractivity contribution >= 4 is 17.4 Å². The first-order chi connectivity index (χ1) is 15.4. The standard InChI is InChI=1S/C26H32N2O4/c1-5-17-32-21-13-11-20(12-14-21)24(29)22-23(19-9-7-18(6-2)8-10-19)28(16-15-27(3)4)26(31)25(22)30/h7-14,23,29H,5-6,15-17H2,1-4H3/b24-22+. The van der Waals surface area contributed by atoms with Gasteiger partial charge in [-0.2, -0.15) is 0 Å². The number of benzene rings is 2. The molecule has 0 saturated carbocycles. The first-order valence-corrected chi connectivity index (χ1v) is 11.1. The first-order valence-electron chi connectivity index (χ1n) is 11.1. The lowest BCUT2D eigenvalue weighted by atomic mass is 9.94. The number of carbonyl (C=O) groups excluding carboxylic acids is 2. The topological polar surface area (TPSA) is 70.1 Å². The predicted molar refractivity (Wildman–Crippen MR) is 126 cm³/mol. The number of carbonyl (C=O) groups is 2. The molecule has 3 rings (SSSR count). The Bertz CT molecular complexity index is 978. The van der Waals surface area contributed by atoms with Gasteiger partial charge in [0.15, 0.2) is 0 Å². The second kappa shape index (κ2) is 10.5. The van der Waals surface area contributed by atoms with Gasteiger partial charge in [0, 0.05) is 18.7 Å². The first kappa shape index (κ1) is 23.5. The Morgan fingerprint density at radius 3 is 2.25 bits per heavy atom. The molecule has 0 aliphatic carbocycles. The van der Waals surface area contributed by atoms with Crippen LogP contribution in [0.1, 0.15) is 43.0 Å². The second-order valence-electron chi connectivity index (χ2n) is 8.26. The minimum Gasteiger partial charge on any atom is -0.507 e. The Hall–Kier alpha value is -3.12. The fourth-order valence-corrected chi connectivity index (χ4v) is 3.79. The molecule has 1 atom stereocenters. The van der Waals surface area contributed by atoms with Crippen LogP contribution in [-0.4, -0.2) is 60.4 Å². The molecule has 0 bridgehead atoms. The van der Waals surface area contributed by atoms with E-state index in [1.54, 1.807) is 29.2 Å². The molecule has 2 aromatic rings. The molecule has 6 heteroatoms. The van der Waals surface area contributed by atoms with Crippen LogP contribution >= 0.6 is 0 Å². The summed E-state index contributed by atoms with van der Waals surface area (Å²) in [4.78, 5) is 29.5. The molecule has 1 aliphatic rings. The van der Waals surface area contributed by atoms with Crippen LogP contribution in [0.25, 0.3) is 5.76 Å². The normalized spacial score (nSPS) is 17.9. The molecular weight excluding hydrogens is 404 g/mol. The highest BCUT2D eigenvalue weighted by Crippen LogP contribution is 2.39. The molecular formula is C26H32N2O4. The summed E-state index contributed by atoms with van der Waals surface area (Å²) in [5, 5.41) is 11.1. The van der Waals surface area contributed by atoms with Gasteiger partial charge in [0.1, 0.15) is 11.5 Å². The molecule has 32 heavy (non-hydrogen) atoms. The molecule has 0 spiro atoms. The Morgan fingerprint density at radius 1 is 1.03 bits per heavy atom. The number of ether oxygens (including phenoxy) is 1. The van der Waals surface area contributed by atoms with Gasteiger partial charge in [-0.15, -0.1) is 0 Å². The summed E-state index contributed by atoms with van der Waals surface area (Å²) in [6, 6.07) is 14.2. The molecule has 1 aliphatic heterocycles. The lowest BCUT2D eigenvalue weighted by Gasteiger charge is -2.26. The van der Waals surface area contributed by atoms with E-state index >= 15 is 0 Å². The van der Waals surface area contributed by atoms with Gasteiger partial charge in [-0.05, 0) is 62.3 Å². The third-order valence-corrected chi connectivity index (χ3v) is 5.63. The van der Waals surface area contributed by atoms with Crippen LogP contribution in [-0.2, 0) is 16.0 Å². The number of aliphatic hydroxyl groups excluding tert-OH is 1. The van der Waals surface area contributed by atoms with E-state index in [0.29, 0.717) is 31.0 Å². The van der Waals surface area contributed by atoms with Gasteiger partial charge in [0.25, 0.3) is 11.7 Å². The number of hydrogen-bond donors (Lipinski definition) is 1. The van der Waals surface area contributed by atoms with Crippen LogP contribution in [0.3, 0.4) is 0 Å². The van der Waals surface area contributed by atoms with E-state index < -0.39 is 17.7 Å².